The van der Waals surface area contributed by atoms with E-state index in [4.69, 9.17) is 15.2 Å². The summed E-state index contributed by atoms with van der Waals surface area (Å²) in [6.07, 6.45) is 2.13. The summed E-state index contributed by atoms with van der Waals surface area (Å²) in [5, 5.41) is 2.94. The maximum atomic E-state index is 12.4. The van der Waals surface area contributed by atoms with Crippen LogP contribution in [0.5, 0.6) is 11.5 Å². The Bertz CT molecular complexity index is 913. The van der Waals surface area contributed by atoms with E-state index in [1.807, 2.05) is 42.5 Å². The van der Waals surface area contributed by atoms with Gasteiger partial charge in [0.25, 0.3) is 0 Å². The van der Waals surface area contributed by atoms with Crippen LogP contribution in [0.25, 0.3) is 0 Å². The minimum atomic E-state index is -0.212. The van der Waals surface area contributed by atoms with E-state index in [-0.39, 0.29) is 24.2 Å². The number of fused-ring (bicyclic) bond motifs is 1. The average Bonchev–Trinajstić information content (AvgIpc) is 2.75. The zero-order valence-electron chi connectivity index (χ0n) is 16.9. The van der Waals surface area contributed by atoms with Crippen molar-refractivity contribution in [2.75, 3.05) is 31.6 Å². The maximum Gasteiger partial charge on any atom is 0.228 e. The molecule has 2 aliphatic heterocycles. The fourth-order valence-corrected chi connectivity index (χ4v) is 3.97. The van der Waals surface area contributed by atoms with Crippen LogP contribution >= 0.6 is 0 Å². The molecule has 158 valence electrons. The second-order valence-corrected chi connectivity index (χ2v) is 7.88. The summed E-state index contributed by atoms with van der Waals surface area (Å²) in [6.45, 7) is 3.53. The summed E-state index contributed by atoms with van der Waals surface area (Å²) in [4.78, 5) is 26.1. The van der Waals surface area contributed by atoms with Gasteiger partial charge in [-0.2, -0.15) is 0 Å². The third-order valence-electron chi connectivity index (χ3n) is 5.52. The average molecular weight is 409 g/mol. The van der Waals surface area contributed by atoms with Crippen LogP contribution in [0.15, 0.2) is 42.5 Å². The van der Waals surface area contributed by atoms with E-state index in [9.17, 15) is 9.59 Å². The number of amides is 2. The lowest BCUT2D eigenvalue weighted by molar-refractivity contribution is -0.123. The molecular formula is C23H27N3O4. The predicted octanol–water partition coefficient (Wildman–Crippen LogP) is 2.34. The highest BCUT2D eigenvalue weighted by Crippen LogP contribution is 2.31. The van der Waals surface area contributed by atoms with Crippen molar-refractivity contribution in [3.05, 3.63) is 53.6 Å². The molecule has 7 nitrogen and oxygen atoms in total. The van der Waals surface area contributed by atoms with E-state index in [2.05, 4.69) is 10.2 Å². The van der Waals surface area contributed by atoms with Crippen LogP contribution in [-0.2, 0) is 22.6 Å². The Balaban J connectivity index is 1.30. The third-order valence-corrected chi connectivity index (χ3v) is 5.52. The molecule has 0 radical (unpaired) electrons. The van der Waals surface area contributed by atoms with E-state index in [0.29, 0.717) is 25.5 Å². The van der Waals surface area contributed by atoms with Crippen molar-refractivity contribution in [1.82, 2.24) is 4.90 Å². The van der Waals surface area contributed by atoms with E-state index in [0.717, 1.165) is 48.5 Å². The summed E-state index contributed by atoms with van der Waals surface area (Å²) >= 11 is 0. The molecule has 1 fully saturated rings. The molecule has 2 heterocycles. The van der Waals surface area contributed by atoms with Gasteiger partial charge in [-0.25, -0.2) is 0 Å². The Kier molecular flexibility index (Phi) is 6.18. The first kappa shape index (κ1) is 20.2. The maximum absolute atomic E-state index is 12.4. The zero-order chi connectivity index (χ0) is 20.9. The molecule has 0 saturated carbocycles. The molecule has 2 aliphatic rings. The molecule has 1 unspecified atom stereocenters. The van der Waals surface area contributed by atoms with Gasteiger partial charge in [-0.05, 0) is 54.8 Å². The van der Waals surface area contributed by atoms with Crippen LogP contribution in [0.3, 0.4) is 0 Å². The highest BCUT2D eigenvalue weighted by Gasteiger charge is 2.23. The van der Waals surface area contributed by atoms with Crippen molar-refractivity contribution < 1.29 is 19.1 Å². The monoisotopic (exact) mass is 409 g/mol. The second-order valence-electron chi connectivity index (χ2n) is 7.88. The zero-order valence-corrected chi connectivity index (χ0v) is 16.9. The number of carbonyl (C=O) groups excluding carboxylic acids is 2. The van der Waals surface area contributed by atoms with Crippen LogP contribution in [0.4, 0.5) is 5.69 Å². The SMILES string of the molecule is NC(=O)C1CCCN(Cc2ccc(NC(=O)Cc3ccc4c(c3)OCCO4)cc2)C1. The molecule has 4 rings (SSSR count). The number of nitrogens with zero attached hydrogens (tertiary/aromatic N) is 1. The lowest BCUT2D eigenvalue weighted by atomic mass is 9.97. The Morgan fingerprint density at radius 3 is 2.53 bits per heavy atom. The number of piperidine rings is 1. The lowest BCUT2D eigenvalue weighted by Crippen LogP contribution is -2.40. The number of rotatable bonds is 6. The summed E-state index contributed by atoms with van der Waals surface area (Å²) in [5.74, 6) is 1.05. The van der Waals surface area contributed by atoms with Crippen molar-refractivity contribution in [1.29, 1.82) is 0 Å². The minimum absolute atomic E-state index is 0.0575. The number of anilines is 1. The highest BCUT2D eigenvalue weighted by molar-refractivity contribution is 5.92. The number of primary amides is 1. The molecule has 0 spiro atoms. The van der Waals surface area contributed by atoms with Gasteiger partial charge in [0, 0.05) is 18.8 Å². The summed E-state index contributed by atoms with van der Waals surface area (Å²) in [6, 6.07) is 13.4. The molecule has 0 aromatic heterocycles. The molecule has 3 N–H and O–H groups in total. The van der Waals surface area contributed by atoms with Gasteiger partial charge >= 0.3 is 0 Å². The molecule has 2 amide bonds. The standard InChI is InChI=1S/C23H27N3O4/c24-23(28)18-2-1-9-26(15-18)14-16-3-6-19(7-4-16)25-22(27)13-17-5-8-20-21(12-17)30-11-10-29-20/h3-8,12,18H,1-2,9-11,13-15H2,(H2,24,28)(H,25,27). The molecule has 0 aliphatic carbocycles. The Morgan fingerprint density at radius 1 is 1.03 bits per heavy atom. The van der Waals surface area contributed by atoms with Crippen LogP contribution in [-0.4, -0.2) is 43.0 Å². The Hall–Kier alpha value is -3.06. The van der Waals surface area contributed by atoms with Crippen LogP contribution in [0.2, 0.25) is 0 Å². The summed E-state index contributed by atoms with van der Waals surface area (Å²) in [5.41, 5.74) is 8.24. The lowest BCUT2D eigenvalue weighted by Gasteiger charge is -2.31. The van der Waals surface area contributed by atoms with Gasteiger partial charge in [-0.1, -0.05) is 18.2 Å². The third kappa shape index (κ3) is 5.10. The number of hydrogen-bond donors (Lipinski definition) is 2. The quantitative estimate of drug-likeness (QED) is 0.764. The Labute approximate surface area is 176 Å². The van der Waals surface area contributed by atoms with Crippen molar-refractivity contribution >= 4 is 17.5 Å². The molecule has 0 bridgehead atoms. The minimum Gasteiger partial charge on any atom is -0.486 e. The van der Waals surface area contributed by atoms with Gasteiger partial charge in [0.15, 0.2) is 11.5 Å². The first-order valence-corrected chi connectivity index (χ1v) is 10.4. The van der Waals surface area contributed by atoms with Crippen LogP contribution in [0.1, 0.15) is 24.0 Å². The van der Waals surface area contributed by atoms with Crippen molar-refractivity contribution in [2.45, 2.75) is 25.8 Å². The van der Waals surface area contributed by atoms with Crippen LogP contribution in [0, 0.1) is 5.92 Å². The summed E-state index contributed by atoms with van der Waals surface area (Å²) < 4.78 is 11.1. The van der Waals surface area contributed by atoms with Gasteiger partial charge in [0.05, 0.1) is 12.3 Å². The number of likely N-dealkylation sites (tertiary alicyclic amines) is 1. The van der Waals surface area contributed by atoms with Gasteiger partial charge < -0.3 is 20.5 Å². The fourth-order valence-electron chi connectivity index (χ4n) is 3.97. The first-order valence-electron chi connectivity index (χ1n) is 10.4. The highest BCUT2D eigenvalue weighted by atomic mass is 16.6. The van der Waals surface area contributed by atoms with E-state index in [1.165, 1.54) is 0 Å². The van der Waals surface area contributed by atoms with Crippen molar-refractivity contribution in [3.8, 4) is 11.5 Å². The van der Waals surface area contributed by atoms with Crippen molar-refractivity contribution in [2.24, 2.45) is 11.7 Å². The molecular weight excluding hydrogens is 382 g/mol. The van der Waals surface area contributed by atoms with Crippen LogP contribution < -0.4 is 20.5 Å². The largest absolute Gasteiger partial charge is 0.486 e. The first-order chi connectivity index (χ1) is 14.6. The topological polar surface area (TPSA) is 93.9 Å². The van der Waals surface area contributed by atoms with E-state index >= 15 is 0 Å². The summed E-state index contributed by atoms with van der Waals surface area (Å²) in [7, 11) is 0. The van der Waals surface area contributed by atoms with Crippen molar-refractivity contribution in [3.63, 3.8) is 0 Å². The number of carbonyl (C=O) groups is 2. The molecule has 2 aromatic rings. The predicted molar refractivity (Wildman–Crippen MR) is 113 cm³/mol. The van der Waals surface area contributed by atoms with Gasteiger partial charge in [0.1, 0.15) is 13.2 Å². The molecule has 1 saturated heterocycles. The molecule has 1 atom stereocenters. The fraction of sp³-hybridized carbons (Fsp3) is 0.391. The van der Waals surface area contributed by atoms with Gasteiger partial charge in [0.2, 0.25) is 11.8 Å². The molecule has 7 heteroatoms. The smallest absolute Gasteiger partial charge is 0.228 e. The number of nitrogens with one attached hydrogen (secondary N) is 1. The number of nitrogens with two attached hydrogens (primary N) is 1. The number of ether oxygens (including phenoxy) is 2. The number of hydrogen-bond acceptors (Lipinski definition) is 5. The molecule has 30 heavy (non-hydrogen) atoms. The van der Waals surface area contributed by atoms with E-state index < -0.39 is 0 Å². The van der Waals surface area contributed by atoms with E-state index in [1.54, 1.807) is 0 Å². The molecule has 2 aromatic carbocycles. The normalized spacial score (nSPS) is 18.6. The Morgan fingerprint density at radius 2 is 1.77 bits per heavy atom. The number of benzene rings is 2. The van der Waals surface area contributed by atoms with Gasteiger partial charge in [-0.15, -0.1) is 0 Å². The van der Waals surface area contributed by atoms with Gasteiger partial charge in [-0.3, -0.25) is 14.5 Å². The second kappa shape index (κ2) is 9.17.